The highest BCUT2D eigenvalue weighted by atomic mass is 16.5. The van der Waals surface area contributed by atoms with Gasteiger partial charge in [-0.15, -0.1) is 0 Å². The normalized spacial score (nSPS) is 16.7. The van der Waals surface area contributed by atoms with E-state index in [1.54, 1.807) is 43.5 Å². The predicted octanol–water partition coefficient (Wildman–Crippen LogP) is 5.57. The topological polar surface area (TPSA) is 98.8 Å². The molecule has 5 rings (SSSR count). The molecular formula is C31H30O9. The van der Waals surface area contributed by atoms with E-state index in [4.69, 9.17) is 33.2 Å². The monoisotopic (exact) mass is 546 g/mol. The minimum Gasteiger partial charge on any atom is -0.496 e. The highest BCUT2D eigenvalue weighted by Crippen LogP contribution is 2.52. The van der Waals surface area contributed by atoms with Crippen LogP contribution in [0.25, 0.3) is 6.08 Å². The first kappa shape index (κ1) is 26.9. The lowest BCUT2D eigenvalue weighted by Crippen LogP contribution is -2.22. The van der Waals surface area contributed by atoms with Crippen LogP contribution in [0.2, 0.25) is 0 Å². The summed E-state index contributed by atoms with van der Waals surface area (Å²) in [6.07, 6.45) is 1.49. The summed E-state index contributed by atoms with van der Waals surface area (Å²) in [7, 11) is 6.14. The average Bonchev–Trinajstić information content (AvgIpc) is 3.26. The van der Waals surface area contributed by atoms with E-state index < -0.39 is 11.9 Å². The van der Waals surface area contributed by atoms with Crippen molar-refractivity contribution in [1.29, 1.82) is 0 Å². The lowest BCUT2D eigenvalue weighted by atomic mass is 9.84. The molecule has 40 heavy (non-hydrogen) atoms. The molecule has 0 saturated heterocycles. The van der Waals surface area contributed by atoms with Gasteiger partial charge in [-0.1, -0.05) is 12.1 Å². The molecule has 0 N–H and O–H groups in total. The average molecular weight is 547 g/mol. The van der Waals surface area contributed by atoms with Crippen LogP contribution in [0.3, 0.4) is 0 Å². The number of benzene rings is 3. The summed E-state index contributed by atoms with van der Waals surface area (Å²) in [6, 6.07) is 12.1. The number of allylic oxidation sites excluding steroid dienone is 1. The van der Waals surface area contributed by atoms with Crippen molar-refractivity contribution in [2.75, 3.05) is 28.4 Å². The van der Waals surface area contributed by atoms with Crippen LogP contribution in [0.5, 0.6) is 40.2 Å². The first-order valence-corrected chi connectivity index (χ1v) is 12.7. The second kappa shape index (κ2) is 10.8. The maximum Gasteiger partial charge on any atom is 0.312 e. The van der Waals surface area contributed by atoms with Crippen molar-refractivity contribution in [1.82, 2.24) is 0 Å². The number of ether oxygens (including phenoxy) is 7. The summed E-state index contributed by atoms with van der Waals surface area (Å²) in [5, 5.41) is 0. The lowest BCUT2D eigenvalue weighted by Gasteiger charge is -2.28. The van der Waals surface area contributed by atoms with Gasteiger partial charge in [0.1, 0.15) is 17.2 Å². The largest absolute Gasteiger partial charge is 0.496 e. The van der Waals surface area contributed by atoms with Crippen molar-refractivity contribution >= 4 is 17.8 Å². The molecule has 1 unspecified atom stereocenters. The van der Waals surface area contributed by atoms with Gasteiger partial charge in [-0.25, -0.2) is 0 Å². The number of ketones is 1. The molecule has 2 aliphatic rings. The number of hydrogen-bond donors (Lipinski definition) is 0. The fourth-order valence-corrected chi connectivity index (χ4v) is 5.01. The van der Waals surface area contributed by atoms with Crippen LogP contribution >= 0.6 is 0 Å². The molecule has 0 bridgehead atoms. The second-order valence-corrected chi connectivity index (χ2v) is 9.52. The zero-order valence-corrected chi connectivity index (χ0v) is 23.2. The Labute approximate surface area is 232 Å². The number of esters is 1. The number of para-hydroxylation sites is 1. The van der Waals surface area contributed by atoms with Crippen LogP contribution in [0, 0.1) is 0 Å². The Balaban J connectivity index is 1.64. The molecule has 9 heteroatoms. The van der Waals surface area contributed by atoms with Crippen LogP contribution in [0.1, 0.15) is 53.2 Å². The van der Waals surface area contributed by atoms with E-state index in [2.05, 4.69) is 0 Å². The van der Waals surface area contributed by atoms with Crippen LogP contribution in [0.4, 0.5) is 0 Å². The third kappa shape index (κ3) is 4.68. The highest BCUT2D eigenvalue weighted by molar-refractivity contribution is 6.15. The fraction of sp³-hybridized carbons (Fsp3) is 0.290. The molecule has 0 radical (unpaired) electrons. The van der Waals surface area contributed by atoms with Gasteiger partial charge >= 0.3 is 5.97 Å². The fourth-order valence-electron chi connectivity index (χ4n) is 5.01. The van der Waals surface area contributed by atoms with Crippen molar-refractivity contribution in [3.8, 4) is 40.2 Å². The van der Waals surface area contributed by atoms with Crippen LogP contribution < -0.4 is 33.2 Å². The molecule has 0 aromatic heterocycles. The molecular weight excluding hydrogens is 516 g/mol. The third-order valence-corrected chi connectivity index (χ3v) is 6.76. The van der Waals surface area contributed by atoms with Gasteiger partial charge in [0.2, 0.25) is 5.78 Å². The molecule has 3 aromatic carbocycles. The molecule has 0 saturated carbocycles. The Kier molecular flexibility index (Phi) is 7.30. The lowest BCUT2D eigenvalue weighted by molar-refractivity contribution is -0.135. The molecule has 0 spiro atoms. The Morgan fingerprint density at radius 1 is 0.850 bits per heavy atom. The highest BCUT2D eigenvalue weighted by Gasteiger charge is 2.40. The molecule has 9 nitrogen and oxygen atoms in total. The molecule has 0 aliphatic carbocycles. The summed E-state index contributed by atoms with van der Waals surface area (Å²) >= 11 is 0. The minimum atomic E-state index is -0.502. The molecule has 0 amide bonds. The van der Waals surface area contributed by atoms with E-state index in [1.807, 2.05) is 26.0 Å². The number of rotatable bonds is 8. The summed E-state index contributed by atoms with van der Waals surface area (Å²) < 4.78 is 39.9. The third-order valence-electron chi connectivity index (χ3n) is 6.76. The van der Waals surface area contributed by atoms with E-state index in [0.29, 0.717) is 56.9 Å². The Morgan fingerprint density at radius 2 is 1.55 bits per heavy atom. The van der Waals surface area contributed by atoms with E-state index in [9.17, 15) is 9.59 Å². The number of fused-ring (bicyclic) bond motifs is 3. The minimum absolute atomic E-state index is 0.0329. The standard InChI is InChI=1S/C31H30O9/c1-16(2)38-30-18(8-7-9-22(30)34-3)20-14-27(32)39-21-11-10-19-29(33)26(40-31(19)28(20)21)13-17-12-24(36-5)25(37-6)15-23(17)35-4/h7-13,15-16,20H,14H2,1-6H3/b26-13-. The molecule has 1 atom stereocenters. The summed E-state index contributed by atoms with van der Waals surface area (Å²) in [5.74, 6) is 2.04. The zero-order valence-electron chi connectivity index (χ0n) is 23.2. The summed E-state index contributed by atoms with van der Waals surface area (Å²) in [6.45, 7) is 3.83. The van der Waals surface area contributed by atoms with E-state index >= 15 is 0 Å². The van der Waals surface area contributed by atoms with Crippen LogP contribution in [-0.2, 0) is 4.79 Å². The summed E-state index contributed by atoms with van der Waals surface area (Å²) in [4.78, 5) is 26.2. The Hall–Kier alpha value is -4.66. The van der Waals surface area contributed by atoms with E-state index in [0.717, 1.165) is 5.56 Å². The zero-order chi connectivity index (χ0) is 28.6. The van der Waals surface area contributed by atoms with Crippen LogP contribution in [-0.4, -0.2) is 46.3 Å². The van der Waals surface area contributed by atoms with Crippen LogP contribution in [0.15, 0.2) is 48.2 Å². The molecule has 2 heterocycles. The van der Waals surface area contributed by atoms with E-state index in [1.165, 1.54) is 21.3 Å². The van der Waals surface area contributed by atoms with Crippen molar-refractivity contribution in [2.24, 2.45) is 0 Å². The first-order valence-electron chi connectivity index (χ1n) is 12.7. The van der Waals surface area contributed by atoms with Crippen molar-refractivity contribution in [3.05, 3.63) is 70.5 Å². The molecule has 2 aliphatic heterocycles. The molecule has 3 aromatic rings. The van der Waals surface area contributed by atoms with Crippen molar-refractivity contribution < 1.29 is 42.7 Å². The van der Waals surface area contributed by atoms with Gasteiger partial charge in [-0.05, 0) is 44.2 Å². The molecule has 0 fully saturated rings. The summed E-state index contributed by atoms with van der Waals surface area (Å²) in [5.41, 5.74) is 2.25. The number of Topliss-reactive ketones (excluding diaryl/α,β-unsaturated/α-hetero) is 1. The second-order valence-electron chi connectivity index (χ2n) is 9.52. The first-order chi connectivity index (χ1) is 19.3. The van der Waals surface area contributed by atoms with Gasteiger partial charge in [0.15, 0.2) is 28.8 Å². The number of hydrogen-bond acceptors (Lipinski definition) is 9. The van der Waals surface area contributed by atoms with Gasteiger partial charge in [-0.2, -0.15) is 0 Å². The van der Waals surface area contributed by atoms with Gasteiger partial charge in [-0.3, -0.25) is 9.59 Å². The number of carbonyl (C=O) groups excluding carboxylic acids is 2. The Morgan fingerprint density at radius 3 is 2.23 bits per heavy atom. The predicted molar refractivity (Wildman–Crippen MR) is 146 cm³/mol. The van der Waals surface area contributed by atoms with Gasteiger partial charge in [0, 0.05) is 28.7 Å². The van der Waals surface area contributed by atoms with Gasteiger partial charge in [0.25, 0.3) is 0 Å². The number of carbonyl (C=O) groups is 2. The Bertz CT molecular complexity index is 1520. The quantitative estimate of drug-likeness (QED) is 0.204. The van der Waals surface area contributed by atoms with Crippen molar-refractivity contribution in [2.45, 2.75) is 32.3 Å². The number of methoxy groups -OCH3 is 4. The van der Waals surface area contributed by atoms with E-state index in [-0.39, 0.29) is 24.1 Å². The molecule has 208 valence electrons. The maximum atomic E-state index is 13.5. The van der Waals surface area contributed by atoms with Crippen molar-refractivity contribution in [3.63, 3.8) is 0 Å². The van der Waals surface area contributed by atoms with Gasteiger partial charge < -0.3 is 33.2 Å². The maximum absolute atomic E-state index is 13.5. The SMILES string of the molecule is COc1cc(OC)c(OC)cc1/C=C1\Oc2c(ccc3c2C(c2cccc(OC)c2OC(C)C)CC(=O)O3)C1=O. The van der Waals surface area contributed by atoms with Gasteiger partial charge in [0.05, 0.1) is 46.5 Å². The smallest absolute Gasteiger partial charge is 0.312 e.